The molecule has 5 nitrogen and oxygen atoms in total. The van der Waals surface area contributed by atoms with Crippen LogP contribution in [0.2, 0.25) is 0 Å². The largest absolute Gasteiger partial charge is 0.345 e. The third-order valence-electron chi connectivity index (χ3n) is 4.65. The van der Waals surface area contributed by atoms with Gasteiger partial charge in [0.25, 0.3) is 15.9 Å². The molecule has 0 fully saturated rings. The van der Waals surface area contributed by atoms with Crippen molar-refractivity contribution in [3.05, 3.63) is 95.6 Å². The standard InChI is InChI=1S/C23H24N2O3S/c1-3-22(18-7-5-4-6-8-18)24-23(26)19-11-13-20(14-12-19)25-29(27,28)21-15-9-17(2)10-16-21/h4-16,22,25H,3H2,1-2H3,(H,24,26). The van der Waals surface area contributed by atoms with Crippen molar-refractivity contribution in [2.24, 2.45) is 0 Å². The number of benzene rings is 3. The van der Waals surface area contributed by atoms with Crippen molar-refractivity contribution in [1.29, 1.82) is 0 Å². The average molecular weight is 409 g/mol. The van der Waals surface area contributed by atoms with Crippen molar-refractivity contribution >= 4 is 21.6 Å². The normalized spacial score (nSPS) is 12.2. The molecule has 0 radical (unpaired) electrons. The van der Waals surface area contributed by atoms with Crippen LogP contribution in [0.25, 0.3) is 0 Å². The molecule has 3 aromatic rings. The van der Waals surface area contributed by atoms with Crippen LogP contribution in [0, 0.1) is 6.92 Å². The first-order chi connectivity index (χ1) is 13.9. The van der Waals surface area contributed by atoms with Crippen LogP contribution < -0.4 is 10.0 Å². The summed E-state index contributed by atoms with van der Waals surface area (Å²) in [7, 11) is -3.67. The summed E-state index contributed by atoms with van der Waals surface area (Å²) in [6.45, 7) is 3.91. The highest BCUT2D eigenvalue weighted by atomic mass is 32.2. The first-order valence-corrected chi connectivity index (χ1v) is 10.9. The van der Waals surface area contributed by atoms with E-state index in [-0.39, 0.29) is 16.8 Å². The molecule has 0 spiro atoms. The van der Waals surface area contributed by atoms with E-state index in [9.17, 15) is 13.2 Å². The number of carbonyl (C=O) groups excluding carboxylic acids is 1. The summed E-state index contributed by atoms with van der Waals surface area (Å²) < 4.78 is 27.5. The second-order valence-electron chi connectivity index (χ2n) is 6.84. The van der Waals surface area contributed by atoms with Crippen LogP contribution in [0.3, 0.4) is 0 Å². The Kier molecular flexibility index (Phi) is 6.34. The van der Waals surface area contributed by atoms with E-state index < -0.39 is 10.0 Å². The third-order valence-corrected chi connectivity index (χ3v) is 6.04. The Morgan fingerprint density at radius 2 is 1.52 bits per heavy atom. The van der Waals surface area contributed by atoms with Gasteiger partial charge < -0.3 is 5.32 Å². The first-order valence-electron chi connectivity index (χ1n) is 9.44. The maximum absolute atomic E-state index is 12.6. The molecule has 29 heavy (non-hydrogen) atoms. The summed E-state index contributed by atoms with van der Waals surface area (Å²) in [6.07, 6.45) is 0.768. The minimum absolute atomic E-state index is 0.0802. The van der Waals surface area contributed by atoms with E-state index in [0.29, 0.717) is 11.3 Å². The van der Waals surface area contributed by atoms with Gasteiger partial charge in [-0.3, -0.25) is 9.52 Å². The van der Waals surface area contributed by atoms with E-state index in [1.165, 1.54) is 0 Å². The van der Waals surface area contributed by atoms with Gasteiger partial charge in [-0.1, -0.05) is 55.0 Å². The van der Waals surface area contributed by atoms with Crippen LogP contribution in [0.1, 0.15) is 40.9 Å². The molecule has 0 aliphatic heterocycles. The average Bonchev–Trinajstić information content (AvgIpc) is 2.73. The van der Waals surface area contributed by atoms with E-state index in [1.54, 1.807) is 48.5 Å². The number of amides is 1. The molecule has 0 aliphatic carbocycles. The van der Waals surface area contributed by atoms with Crippen molar-refractivity contribution in [3.63, 3.8) is 0 Å². The van der Waals surface area contributed by atoms with Gasteiger partial charge >= 0.3 is 0 Å². The topological polar surface area (TPSA) is 75.3 Å². The number of aryl methyl sites for hydroxylation is 1. The molecule has 1 atom stereocenters. The molecule has 0 aliphatic rings. The predicted molar refractivity (Wildman–Crippen MR) is 115 cm³/mol. The molecular formula is C23H24N2O3S. The number of hydrogen-bond acceptors (Lipinski definition) is 3. The number of anilines is 1. The molecule has 2 N–H and O–H groups in total. The lowest BCUT2D eigenvalue weighted by atomic mass is 10.0. The molecular weight excluding hydrogens is 384 g/mol. The van der Waals surface area contributed by atoms with E-state index >= 15 is 0 Å². The van der Waals surface area contributed by atoms with Gasteiger partial charge in [0.05, 0.1) is 10.9 Å². The van der Waals surface area contributed by atoms with Gasteiger partial charge in [-0.05, 0) is 55.3 Å². The fourth-order valence-corrected chi connectivity index (χ4v) is 4.03. The summed E-state index contributed by atoms with van der Waals surface area (Å²) in [4.78, 5) is 12.8. The molecule has 6 heteroatoms. The zero-order valence-corrected chi connectivity index (χ0v) is 17.2. The van der Waals surface area contributed by atoms with Gasteiger partial charge in [0.2, 0.25) is 0 Å². The molecule has 0 heterocycles. The Morgan fingerprint density at radius 3 is 2.10 bits per heavy atom. The molecule has 150 valence electrons. The fourth-order valence-electron chi connectivity index (χ4n) is 2.97. The number of nitrogens with one attached hydrogen (secondary N) is 2. The monoisotopic (exact) mass is 408 g/mol. The maximum atomic E-state index is 12.6. The van der Waals surface area contributed by atoms with E-state index in [2.05, 4.69) is 10.0 Å². The van der Waals surface area contributed by atoms with Crippen LogP contribution in [0.4, 0.5) is 5.69 Å². The van der Waals surface area contributed by atoms with Gasteiger partial charge in [-0.2, -0.15) is 0 Å². The zero-order valence-electron chi connectivity index (χ0n) is 16.4. The van der Waals surface area contributed by atoms with Gasteiger partial charge in [0.15, 0.2) is 0 Å². The number of carbonyl (C=O) groups is 1. The van der Waals surface area contributed by atoms with Crippen molar-refractivity contribution in [2.45, 2.75) is 31.2 Å². The first kappa shape index (κ1) is 20.6. The van der Waals surface area contributed by atoms with Crippen molar-refractivity contribution in [3.8, 4) is 0 Å². The van der Waals surface area contributed by atoms with E-state index in [0.717, 1.165) is 17.5 Å². The molecule has 1 unspecified atom stereocenters. The minimum Gasteiger partial charge on any atom is -0.345 e. The molecule has 0 bridgehead atoms. The molecule has 1 amide bonds. The maximum Gasteiger partial charge on any atom is 0.261 e. The molecule has 0 saturated heterocycles. The number of sulfonamides is 1. The van der Waals surface area contributed by atoms with E-state index in [4.69, 9.17) is 0 Å². The highest BCUT2D eigenvalue weighted by molar-refractivity contribution is 7.92. The smallest absolute Gasteiger partial charge is 0.261 e. The Bertz CT molecular complexity index is 1060. The Morgan fingerprint density at radius 1 is 0.897 bits per heavy atom. The molecule has 0 saturated carbocycles. The van der Waals surface area contributed by atoms with Crippen LogP contribution in [-0.2, 0) is 10.0 Å². The van der Waals surface area contributed by atoms with Gasteiger partial charge in [-0.25, -0.2) is 8.42 Å². The molecule has 3 rings (SSSR count). The highest BCUT2D eigenvalue weighted by Gasteiger charge is 2.16. The Hall–Kier alpha value is -3.12. The van der Waals surface area contributed by atoms with Crippen LogP contribution in [0.5, 0.6) is 0 Å². The Labute approximate surface area is 171 Å². The second kappa shape index (κ2) is 8.92. The minimum atomic E-state index is -3.67. The molecule has 3 aromatic carbocycles. The summed E-state index contributed by atoms with van der Waals surface area (Å²) in [5, 5.41) is 3.02. The lowest BCUT2D eigenvalue weighted by Gasteiger charge is -2.17. The summed E-state index contributed by atoms with van der Waals surface area (Å²) in [6, 6.07) is 22.7. The van der Waals surface area contributed by atoms with Gasteiger partial charge in [0, 0.05) is 11.3 Å². The zero-order chi connectivity index (χ0) is 20.9. The molecule has 0 aromatic heterocycles. The quantitative estimate of drug-likeness (QED) is 0.596. The SMILES string of the molecule is CCC(NC(=O)c1ccc(NS(=O)(=O)c2ccc(C)cc2)cc1)c1ccccc1. The lowest BCUT2D eigenvalue weighted by molar-refractivity contribution is 0.0935. The van der Waals surface area contributed by atoms with Crippen molar-refractivity contribution in [1.82, 2.24) is 5.32 Å². The fraction of sp³-hybridized carbons (Fsp3) is 0.174. The number of hydrogen-bond donors (Lipinski definition) is 2. The van der Waals surface area contributed by atoms with Crippen molar-refractivity contribution in [2.75, 3.05) is 4.72 Å². The summed E-state index contributed by atoms with van der Waals surface area (Å²) in [5.74, 6) is -0.200. The van der Waals surface area contributed by atoms with Crippen LogP contribution >= 0.6 is 0 Å². The van der Waals surface area contributed by atoms with Gasteiger partial charge in [-0.15, -0.1) is 0 Å². The summed E-state index contributed by atoms with van der Waals surface area (Å²) >= 11 is 0. The summed E-state index contributed by atoms with van der Waals surface area (Å²) in [5.41, 5.74) is 2.90. The number of rotatable bonds is 7. The third kappa shape index (κ3) is 5.23. The highest BCUT2D eigenvalue weighted by Crippen LogP contribution is 2.19. The Balaban J connectivity index is 1.69. The van der Waals surface area contributed by atoms with Crippen molar-refractivity contribution < 1.29 is 13.2 Å². The van der Waals surface area contributed by atoms with Crippen LogP contribution in [0.15, 0.2) is 83.8 Å². The van der Waals surface area contributed by atoms with Crippen LogP contribution in [-0.4, -0.2) is 14.3 Å². The van der Waals surface area contributed by atoms with E-state index in [1.807, 2.05) is 44.2 Å². The van der Waals surface area contributed by atoms with Gasteiger partial charge in [0.1, 0.15) is 0 Å². The lowest BCUT2D eigenvalue weighted by Crippen LogP contribution is -2.28. The predicted octanol–water partition coefficient (Wildman–Crippen LogP) is 4.68. The second-order valence-corrected chi connectivity index (χ2v) is 8.52.